The molecule has 0 radical (unpaired) electrons. The Kier molecular flexibility index (Phi) is 3.63. The van der Waals surface area contributed by atoms with Crippen LogP contribution in [0.2, 0.25) is 0 Å². The summed E-state index contributed by atoms with van der Waals surface area (Å²) in [5.74, 6) is 1.57. The number of halogens is 1. The number of nitrogens with zero attached hydrogens (tertiary/aromatic N) is 2. The predicted molar refractivity (Wildman–Crippen MR) is 82.5 cm³/mol. The molecule has 4 nitrogen and oxygen atoms in total. The molecule has 2 aromatic heterocycles. The molecule has 1 aromatic carbocycles. The van der Waals surface area contributed by atoms with Crippen molar-refractivity contribution in [3.8, 4) is 0 Å². The van der Waals surface area contributed by atoms with E-state index in [0.29, 0.717) is 0 Å². The van der Waals surface area contributed by atoms with E-state index in [1.807, 2.05) is 30.5 Å². The molecule has 0 amide bonds. The fourth-order valence-corrected chi connectivity index (χ4v) is 2.82. The van der Waals surface area contributed by atoms with Crippen molar-refractivity contribution in [2.45, 2.75) is 25.9 Å². The monoisotopic (exact) mass is 333 g/mol. The van der Waals surface area contributed by atoms with Crippen LogP contribution in [-0.4, -0.2) is 9.55 Å². The van der Waals surface area contributed by atoms with Crippen LogP contribution in [0, 0.1) is 0 Å². The van der Waals surface area contributed by atoms with Crippen molar-refractivity contribution < 1.29 is 4.42 Å². The minimum absolute atomic E-state index is 0.351. The second-order valence-corrected chi connectivity index (χ2v) is 5.62. The number of hydrogen-bond donors (Lipinski definition) is 1. The van der Waals surface area contributed by atoms with Gasteiger partial charge < -0.3 is 14.7 Å². The normalized spacial score (nSPS) is 12.9. The zero-order chi connectivity index (χ0) is 14.1. The van der Waals surface area contributed by atoms with Gasteiger partial charge in [-0.1, -0.05) is 19.1 Å². The predicted octanol–water partition coefficient (Wildman–Crippen LogP) is 3.85. The average molecular weight is 334 g/mol. The molecule has 5 heteroatoms. The molecule has 20 heavy (non-hydrogen) atoms. The van der Waals surface area contributed by atoms with Crippen LogP contribution in [0.25, 0.3) is 11.0 Å². The first kappa shape index (κ1) is 13.4. The summed E-state index contributed by atoms with van der Waals surface area (Å²) in [6.07, 6.45) is 4.78. The van der Waals surface area contributed by atoms with Crippen molar-refractivity contribution in [3.05, 3.63) is 52.7 Å². The van der Waals surface area contributed by atoms with Crippen LogP contribution in [0.15, 0.2) is 45.5 Å². The molecule has 2 heterocycles. The maximum atomic E-state index is 6.31. The molecule has 104 valence electrons. The summed E-state index contributed by atoms with van der Waals surface area (Å²) in [6, 6.07) is 7.58. The van der Waals surface area contributed by atoms with E-state index in [2.05, 4.69) is 32.4 Å². The van der Waals surface area contributed by atoms with E-state index in [1.165, 1.54) is 0 Å². The molecule has 0 bridgehead atoms. The first-order chi connectivity index (χ1) is 9.70. The smallest absolute Gasteiger partial charge is 0.148 e. The molecule has 0 aliphatic carbocycles. The first-order valence-corrected chi connectivity index (χ1v) is 7.44. The van der Waals surface area contributed by atoms with Crippen LogP contribution in [0.1, 0.15) is 31.0 Å². The number of aryl methyl sites for hydroxylation is 1. The van der Waals surface area contributed by atoms with E-state index in [-0.39, 0.29) is 6.04 Å². The summed E-state index contributed by atoms with van der Waals surface area (Å²) < 4.78 is 8.90. The van der Waals surface area contributed by atoms with Gasteiger partial charge in [-0.2, -0.15) is 0 Å². The largest absolute Gasteiger partial charge is 0.458 e. The highest BCUT2D eigenvalue weighted by molar-refractivity contribution is 9.10. The molecular weight excluding hydrogens is 318 g/mol. The summed E-state index contributed by atoms with van der Waals surface area (Å²) in [5, 5.41) is 1.04. The quantitative estimate of drug-likeness (QED) is 0.788. The lowest BCUT2D eigenvalue weighted by Crippen LogP contribution is -2.17. The molecule has 3 rings (SSSR count). The number of hydrogen-bond acceptors (Lipinski definition) is 3. The van der Waals surface area contributed by atoms with Crippen LogP contribution in [-0.2, 0) is 6.54 Å². The molecule has 3 aromatic rings. The standard InChI is InChI=1S/C15H16BrN3O/c1-2-7-19-8-6-18-15(19)13(17)12-9-10-4-3-5-11(16)14(10)20-12/h3-6,8-9,13H,2,7,17H2,1H3. The Bertz CT molecular complexity index is 732. The maximum Gasteiger partial charge on any atom is 0.148 e. The van der Waals surface area contributed by atoms with Gasteiger partial charge in [0.2, 0.25) is 0 Å². The fraction of sp³-hybridized carbons (Fsp3) is 0.267. The van der Waals surface area contributed by atoms with Gasteiger partial charge in [0.05, 0.1) is 4.47 Å². The zero-order valence-corrected chi connectivity index (χ0v) is 12.8. The number of fused-ring (bicyclic) bond motifs is 1. The Morgan fingerprint density at radius 3 is 3.05 bits per heavy atom. The van der Waals surface area contributed by atoms with E-state index >= 15 is 0 Å². The van der Waals surface area contributed by atoms with Crippen LogP contribution in [0.4, 0.5) is 0 Å². The molecule has 2 N–H and O–H groups in total. The molecule has 0 aliphatic heterocycles. The second kappa shape index (κ2) is 5.42. The number of rotatable bonds is 4. The molecule has 0 saturated heterocycles. The zero-order valence-electron chi connectivity index (χ0n) is 11.2. The molecular formula is C15H16BrN3O. The Balaban J connectivity index is 2.01. The van der Waals surface area contributed by atoms with Gasteiger partial charge in [0.15, 0.2) is 0 Å². The van der Waals surface area contributed by atoms with Crippen LogP contribution in [0.3, 0.4) is 0 Å². The molecule has 1 unspecified atom stereocenters. The van der Waals surface area contributed by atoms with Crippen molar-refractivity contribution >= 4 is 26.9 Å². The van der Waals surface area contributed by atoms with E-state index in [9.17, 15) is 0 Å². The third-order valence-electron chi connectivity index (χ3n) is 3.31. The third kappa shape index (κ3) is 2.27. The number of furan rings is 1. The molecule has 0 aliphatic rings. The van der Waals surface area contributed by atoms with Gasteiger partial charge in [0.25, 0.3) is 0 Å². The lowest BCUT2D eigenvalue weighted by atomic mass is 10.2. The first-order valence-electron chi connectivity index (χ1n) is 6.65. The van der Waals surface area contributed by atoms with Crippen molar-refractivity contribution in [2.24, 2.45) is 5.73 Å². The summed E-state index contributed by atoms with van der Waals surface area (Å²) in [4.78, 5) is 4.37. The summed E-state index contributed by atoms with van der Waals surface area (Å²) in [6.45, 7) is 3.04. The summed E-state index contributed by atoms with van der Waals surface area (Å²) in [7, 11) is 0. The van der Waals surface area contributed by atoms with Crippen molar-refractivity contribution in [2.75, 3.05) is 0 Å². The van der Waals surface area contributed by atoms with Crippen molar-refractivity contribution in [1.29, 1.82) is 0 Å². The Hall–Kier alpha value is -1.59. The molecule has 0 fully saturated rings. The third-order valence-corrected chi connectivity index (χ3v) is 3.94. The van der Waals surface area contributed by atoms with Crippen LogP contribution in [0.5, 0.6) is 0 Å². The van der Waals surface area contributed by atoms with Crippen LogP contribution >= 0.6 is 15.9 Å². The highest BCUT2D eigenvalue weighted by Crippen LogP contribution is 2.30. The average Bonchev–Trinajstić information content (AvgIpc) is 3.05. The number of benzene rings is 1. The number of nitrogens with two attached hydrogens (primary N) is 1. The lowest BCUT2D eigenvalue weighted by Gasteiger charge is -2.11. The van der Waals surface area contributed by atoms with E-state index in [4.69, 9.17) is 10.2 Å². The minimum Gasteiger partial charge on any atom is -0.458 e. The topological polar surface area (TPSA) is 57.0 Å². The SMILES string of the molecule is CCCn1ccnc1C(N)c1cc2cccc(Br)c2o1. The van der Waals surface area contributed by atoms with Gasteiger partial charge in [0, 0.05) is 24.3 Å². The molecule has 0 saturated carbocycles. The van der Waals surface area contributed by atoms with Crippen molar-refractivity contribution in [3.63, 3.8) is 0 Å². The lowest BCUT2D eigenvalue weighted by molar-refractivity contribution is 0.498. The van der Waals surface area contributed by atoms with Gasteiger partial charge >= 0.3 is 0 Å². The maximum absolute atomic E-state index is 6.31. The summed E-state index contributed by atoms with van der Waals surface area (Å²) in [5.41, 5.74) is 7.14. The highest BCUT2D eigenvalue weighted by Gasteiger charge is 2.19. The Labute approximate surface area is 125 Å². The van der Waals surface area contributed by atoms with Gasteiger partial charge in [-0.05, 0) is 34.5 Å². The van der Waals surface area contributed by atoms with Gasteiger partial charge in [-0.25, -0.2) is 4.98 Å². The number of para-hydroxylation sites is 1. The summed E-state index contributed by atoms with van der Waals surface area (Å²) >= 11 is 3.49. The number of aromatic nitrogens is 2. The Morgan fingerprint density at radius 2 is 2.30 bits per heavy atom. The van der Waals surface area contributed by atoms with Crippen molar-refractivity contribution in [1.82, 2.24) is 9.55 Å². The van der Waals surface area contributed by atoms with E-state index in [1.54, 1.807) is 6.20 Å². The Morgan fingerprint density at radius 1 is 1.45 bits per heavy atom. The fourth-order valence-electron chi connectivity index (χ4n) is 2.36. The second-order valence-electron chi connectivity index (χ2n) is 4.76. The van der Waals surface area contributed by atoms with E-state index in [0.717, 1.165) is 40.0 Å². The van der Waals surface area contributed by atoms with Crippen LogP contribution < -0.4 is 5.73 Å². The van der Waals surface area contributed by atoms with E-state index < -0.39 is 0 Å². The minimum atomic E-state index is -0.351. The number of imidazole rings is 1. The molecule has 1 atom stereocenters. The van der Waals surface area contributed by atoms with Gasteiger partial charge in [-0.15, -0.1) is 0 Å². The highest BCUT2D eigenvalue weighted by atomic mass is 79.9. The van der Waals surface area contributed by atoms with Gasteiger partial charge in [-0.3, -0.25) is 0 Å². The van der Waals surface area contributed by atoms with Gasteiger partial charge in [0.1, 0.15) is 23.2 Å². The molecule has 0 spiro atoms.